The van der Waals surface area contributed by atoms with E-state index in [0.29, 0.717) is 16.9 Å². The van der Waals surface area contributed by atoms with Crippen LogP contribution in [0.5, 0.6) is 0 Å². The molecule has 0 aliphatic rings. The Balaban J connectivity index is 2.48. The first-order valence-corrected chi connectivity index (χ1v) is 5.59. The molecule has 86 valence electrons. The number of nitrogens with two attached hydrogens (primary N) is 1. The maximum Gasteiger partial charge on any atom is 0.155 e. The molecule has 0 aromatic carbocycles. The van der Waals surface area contributed by atoms with Gasteiger partial charge in [-0.3, -0.25) is 0 Å². The monoisotopic (exact) mass is 238 g/mol. The molecule has 0 saturated heterocycles. The minimum Gasteiger partial charge on any atom is -0.398 e. The fourth-order valence-corrected chi connectivity index (χ4v) is 1.89. The van der Waals surface area contributed by atoms with Gasteiger partial charge in [0.25, 0.3) is 0 Å². The normalized spacial score (nSPS) is 13.2. The molecule has 3 N–H and O–H groups in total. The van der Waals surface area contributed by atoms with Crippen LogP contribution in [0.4, 0.5) is 5.69 Å². The van der Waals surface area contributed by atoms with Gasteiger partial charge in [-0.25, -0.2) is 4.98 Å². The smallest absolute Gasteiger partial charge is 0.155 e. The van der Waals surface area contributed by atoms with Crippen molar-refractivity contribution >= 4 is 22.8 Å². The highest BCUT2D eigenvalue weighted by molar-refractivity contribution is 6.32. The summed E-state index contributed by atoms with van der Waals surface area (Å²) in [6.07, 6.45) is 2.67. The maximum atomic E-state index is 6.06. The van der Waals surface area contributed by atoms with Crippen molar-refractivity contribution in [2.75, 3.05) is 12.8 Å². The van der Waals surface area contributed by atoms with E-state index in [-0.39, 0.29) is 0 Å². The second-order valence-electron chi connectivity index (χ2n) is 3.93. The van der Waals surface area contributed by atoms with Gasteiger partial charge in [-0.15, -0.1) is 0 Å². The lowest BCUT2D eigenvalue weighted by molar-refractivity contribution is 0.590. The zero-order chi connectivity index (χ0) is 11.7. The van der Waals surface area contributed by atoms with Crippen molar-refractivity contribution < 1.29 is 0 Å². The predicted octanol–water partition coefficient (Wildman–Crippen LogP) is 1.72. The van der Waals surface area contributed by atoms with Gasteiger partial charge in [0, 0.05) is 24.3 Å². The van der Waals surface area contributed by atoms with E-state index in [1.807, 2.05) is 29.8 Å². The van der Waals surface area contributed by atoms with Crippen LogP contribution in [-0.4, -0.2) is 22.5 Å². The number of nitrogens with one attached hydrogen (secondary N) is 1. The van der Waals surface area contributed by atoms with Gasteiger partial charge in [0.1, 0.15) is 5.82 Å². The molecule has 5 heteroatoms. The molecule has 2 rings (SSSR count). The number of imidazole rings is 1. The Labute approximate surface area is 99.4 Å². The van der Waals surface area contributed by atoms with E-state index < -0.39 is 0 Å². The van der Waals surface area contributed by atoms with Crippen LogP contribution in [0.1, 0.15) is 12.7 Å². The first kappa shape index (κ1) is 11.2. The van der Waals surface area contributed by atoms with Crippen LogP contribution in [-0.2, 0) is 6.42 Å². The molecule has 4 nitrogen and oxygen atoms in total. The number of halogens is 1. The number of nitrogens with zero attached hydrogens (tertiary/aromatic N) is 2. The van der Waals surface area contributed by atoms with Crippen molar-refractivity contribution in [1.29, 1.82) is 0 Å². The van der Waals surface area contributed by atoms with E-state index in [1.54, 1.807) is 0 Å². The second-order valence-corrected chi connectivity index (χ2v) is 4.29. The van der Waals surface area contributed by atoms with Crippen molar-refractivity contribution in [2.24, 2.45) is 0 Å². The average molecular weight is 239 g/mol. The van der Waals surface area contributed by atoms with Gasteiger partial charge in [-0.1, -0.05) is 11.6 Å². The highest BCUT2D eigenvalue weighted by atomic mass is 35.5. The number of aromatic nitrogens is 2. The van der Waals surface area contributed by atoms with E-state index in [4.69, 9.17) is 17.3 Å². The summed E-state index contributed by atoms with van der Waals surface area (Å²) in [6.45, 7) is 2.10. The van der Waals surface area contributed by atoms with Crippen molar-refractivity contribution in [3.8, 4) is 0 Å². The van der Waals surface area contributed by atoms with Crippen molar-refractivity contribution in [1.82, 2.24) is 14.7 Å². The molecule has 0 fully saturated rings. The van der Waals surface area contributed by atoms with E-state index >= 15 is 0 Å². The lowest BCUT2D eigenvalue weighted by Gasteiger charge is -2.08. The Kier molecular flexibility index (Phi) is 3.03. The van der Waals surface area contributed by atoms with Crippen molar-refractivity contribution in [3.05, 3.63) is 29.3 Å². The van der Waals surface area contributed by atoms with Crippen molar-refractivity contribution in [2.45, 2.75) is 19.4 Å². The van der Waals surface area contributed by atoms with E-state index in [9.17, 15) is 0 Å². The molecule has 0 radical (unpaired) electrons. The highest BCUT2D eigenvalue weighted by Crippen LogP contribution is 2.20. The summed E-state index contributed by atoms with van der Waals surface area (Å²) in [5.41, 5.74) is 7.36. The summed E-state index contributed by atoms with van der Waals surface area (Å²) in [5.74, 6) is 0.925. The summed E-state index contributed by atoms with van der Waals surface area (Å²) in [4.78, 5) is 4.35. The van der Waals surface area contributed by atoms with Crippen LogP contribution in [0.15, 0.2) is 18.3 Å². The fourth-order valence-electron chi connectivity index (χ4n) is 1.64. The van der Waals surface area contributed by atoms with Gasteiger partial charge < -0.3 is 15.5 Å². The second kappa shape index (κ2) is 4.31. The van der Waals surface area contributed by atoms with Crippen LogP contribution in [0.25, 0.3) is 5.52 Å². The number of hydrogen-bond acceptors (Lipinski definition) is 3. The maximum absolute atomic E-state index is 6.06. The molecule has 16 heavy (non-hydrogen) atoms. The minimum absolute atomic E-state index is 0.350. The van der Waals surface area contributed by atoms with Crippen LogP contribution < -0.4 is 11.1 Å². The molecule has 2 aromatic heterocycles. The number of hydrogen-bond donors (Lipinski definition) is 2. The van der Waals surface area contributed by atoms with Gasteiger partial charge >= 0.3 is 0 Å². The average Bonchev–Trinajstić information content (AvgIpc) is 2.55. The fraction of sp³-hybridized carbons (Fsp3) is 0.364. The molecule has 0 saturated carbocycles. The Bertz CT molecular complexity index is 506. The number of anilines is 1. The lowest BCUT2D eigenvalue weighted by atomic mass is 10.2. The van der Waals surface area contributed by atoms with E-state index in [1.165, 1.54) is 0 Å². The molecule has 0 bridgehead atoms. The summed E-state index contributed by atoms with van der Waals surface area (Å²) in [7, 11) is 1.93. The third kappa shape index (κ3) is 1.99. The van der Waals surface area contributed by atoms with Gasteiger partial charge in [-0.2, -0.15) is 0 Å². The van der Waals surface area contributed by atoms with Crippen molar-refractivity contribution in [3.63, 3.8) is 0 Å². The number of rotatable bonds is 3. The minimum atomic E-state index is 0.350. The third-order valence-corrected chi connectivity index (χ3v) is 2.95. The number of nitrogen functional groups attached to an aromatic ring is 1. The zero-order valence-corrected chi connectivity index (χ0v) is 10.1. The lowest BCUT2D eigenvalue weighted by Crippen LogP contribution is -2.24. The molecular weight excluding hydrogens is 224 g/mol. The standard InChI is InChI=1S/C11H15ClN4/c1-7(14-2)5-10-15-11(12)9-4-3-8(13)6-16(9)10/h3-4,6-7,14H,5,13H2,1-2H3. The molecule has 2 aromatic rings. The quantitative estimate of drug-likeness (QED) is 0.856. The summed E-state index contributed by atoms with van der Waals surface area (Å²) >= 11 is 6.06. The van der Waals surface area contributed by atoms with Gasteiger partial charge in [0.2, 0.25) is 0 Å². The number of fused-ring (bicyclic) bond motifs is 1. The molecular formula is C11H15ClN4. The molecule has 0 amide bonds. The van der Waals surface area contributed by atoms with E-state index in [0.717, 1.165) is 17.8 Å². The largest absolute Gasteiger partial charge is 0.398 e. The Morgan fingerprint density at radius 3 is 3.00 bits per heavy atom. The summed E-state index contributed by atoms with van der Waals surface area (Å²) in [6, 6.07) is 4.06. The Morgan fingerprint density at radius 2 is 2.31 bits per heavy atom. The number of likely N-dealkylation sites (N-methyl/N-ethyl adjacent to an activating group) is 1. The van der Waals surface area contributed by atoms with Crippen LogP contribution >= 0.6 is 11.6 Å². The molecule has 0 aliphatic carbocycles. The van der Waals surface area contributed by atoms with Gasteiger partial charge in [-0.05, 0) is 26.1 Å². The summed E-state index contributed by atoms with van der Waals surface area (Å²) in [5, 5.41) is 3.70. The molecule has 1 unspecified atom stereocenters. The molecule has 2 heterocycles. The zero-order valence-electron chi connectivity index (χ0n) is 9.37. The summed E-state index contributed by atoms with van der Waals surface area (Å²) < 4.78 is 1.95. The SMILES string of the molecule is CNC(C)Cc1nc(Cl)c2ccc(N)cn12. The molecule has 1 atom stereocenters. The van der Waals surface area contributed by atoms with Gasteiger partial charge in [0.15, 0.2) is 5.15 Å². The Morgan fingerprint density at radius 1 is 1.56 bits per heavy atom. The van der Waals surface area contributed by atoms with Crippen LogP contribution in [0.2, 0.25) is 5.15 Å². The molecule has 0 spiro atoms. The first-order chi connectivity index (χ1) is 7.61. The van der Waals surface area contributed by atoms with E-state index in [2.05, 4.69) is 17.2 Å². The third-order valence-electron chi connectivity index (χ3n) is 2.67. The Hall–Kier alpha value is -1.26. The van der Waals surface area contributed by atoms with Crippen LogP contribution in [0.3, 0.4) is 0 Å². The van der Waals surface area contributed by atoms with Crippen LogP contribution in [0, 0.1) is 0 Å². The highest BCUT2D eigenvalue weighted by Gasteiger charge is 2.11. The topological polar surface area (TPSA) is 55.3 Å². The number of pyridine rings is 1. The molecule has 0 aliphatic heterocycles. The van der Waals surface area contributed by atoms with Gasteiger partial charge in [0.05, 0.1) is 5.52 Å². The first-order valence-electron chi connectivity index (χ1n) is 5.21. The predicted molar refractivity (Wildman–Crippen MR) is 66.8 cm³/mol.